The summed E-state index contributed by atoms with van der Waals surface area (Å²) >= 11 is 1.49. The van der Waals surface area contributed by atoms with Crippen molar-refractivity contribution in [3.8, 4) is 11.3 Å². The molecule has 0 aliphatic heterocycles. The lowest BCUT2D eigenvalue weighted by Crippen LogP contribution is -2.38. The van der Waals surface area contributed by atoms with Gasteiger partial charge in [0.15, 0.2) is 0 Å². The van der Waals surface area contributed by atoms with Gasteiger partial charge in [0.2, 0.25) is 0 Å². The molecule has 1 aliphatic carbocycles. The zero-order valence-electron chi connectivity index (χ0n) is 15.4. The molecular weight excluding hydrogens is 374 g/mol. The second-order valence-electron chi connectivity index (χ2n) is 7.09. The van der Waals surface area contributed by atoms with Crippen LogP contribution in [0, 0.1) is 0 Å². The number of pyridine rings is 1. The Bertz CT molecular complexity index is 937. The largest absolute Gasteiger partial charge is 0.385 e. The highest BCUT2D eigenvalue weighted by Gasteiger charge is 2.24. The third-order valence-electron chi connectivity index (χ3n) is 5.22. The summed E-state index contributed by atoms with van der Waals surface area (Å²) in [5.74, 6) is 0. The summed E-state index contributed by atoms with van der Waals surface area (Å²) in [4.78, 5) is 20.6. The first-order chi connectivity index (χ1) is 13.7. The van der Waals surface area contributed by atoms with Gasteiger partial charge in [0.05, 0.1) is 22.9 Å². The minimum Gasteiger partial charge on any atom is -0.385 e. The van der Waals surface area contributed by atoms with Crippen LogP contribution < -0.4 is 10.9 Å². The van der Waals surface area contributed by atoms with E-state index < -0.39 is 6.10 Å². The molecule has 1 aliphatic rings. The van der Waals surface area contributed by atoms with Crippen LogP contribution in [-0.4, -0.2) is 37.4 Å². The van der Waals surface area contributed by atoms with E-state index in [0.717, 1.165) is 36.9 Å². The Morgan fingerprint density at radius 3 is 2.82 bits per heavy atom. The predicted octanol–water partition coefficient (Wildman–Crippen LogP) is 2.57. The zero-order valence-corrected chi connectivity index (χ0v) is 16.3. The van der Waals surface area contributed by atoms with Crippen LogP contribution in [0.5, 0.6) is 0 Å². The molecule has 1 atom stereocenters. The average molecular weight is 398 g/mol. The first kappa shape index (κ1) is 18.9. The summed E-state index contributed by atoms with van der Waals surface area (Å²) in [7, 11) is 0. The van der Waals surface area contributed by atoms with Crippen molar-refractivity contribution in [2.24, 2.45) is 0 Å². The number of aliphatic hydroxyl groups is 1. The molecule has 1 unspecified atom stereocenters. The highest BCUT2D eigenvalue weighted by molar-refractivity contribution is 7.07. The molecule has 7 nitrogen and oxygen atoms in total. The molecule has 0 saturated heterocycles. The quantitative estimate of drug-likeness (QED) is 0.664. The topological polar surface area (TPSA) is 92.9 Å². The second kappa shape index (κ2) is 8.72. The van der Waals surface area contributed by atoms with E-state index in [-0.39, 0.29) is 11.6 Å². The summed E-state index contributed by atoms with van der Waals surface area (Å²) in [6, 6.07) is 7.58. The molecule has 28 heavy (non-hydrogen) atoms. The number of aliphatic hydroxyl groups excluding tert-OH is 1. The Morgan fingerprint density at radius 1 is 1.25 bits per heavy atom. The van der Waals surface area contributed by atoms with Gasteiger partial charge < -0.3 is 10.4 Å². The Kier molecular flexibility index (Phi) is 5.90. The van der Waals surface area contributed by atoms with Crippen LogP contribution in [0.1, 0.15) is 43.5 Å². The fourth-order valence-electron chi connectivity index (χ4n) is 3.65. The standard InChI is InChI=1S/C20H23N5O2S/c26-19(18-12-28-13-23-18)11-22-15-3-5-16(6-4-15)25-20(27)8-7-17(24-25)14-2-1-9-21-10-14/h1-2,7-10,12-13,15-16,19,22,26H,3-6,11H2. The van der Waals surface area contributed by atoms with Gasteiger partial charge >= 0.3 is 0 Å². The van der Waals surface area contributed by atoms with Gasteiger partial charge in [-0.2, -0.15) is 5.10 Å². The minimum atomic E-state index is -0.579. The predicted molar refractivity (Wildman–Crippen MR) is 108 cm³/mol. The SMILES string of the molecule is O=c1ccc(-c2cccnc2)nn1C1CCC(NCC(O)c2cscn2)CC1. The van der Waals surface area contributed by atoms with E-state index in [2.05, 4.69) is 20.4 Å². The number of nitrogens with zero attached hydrogens (tertiary/aromatic N) is 4. The number of hydrogen-bond acceptors (Lipinski definition) is 7. The van der Waals surface area contributed by atoms with Crippen LogP contribution in [0.25, 0.3) is 11.3 Å². The van der Waals surface area contributed by atoms with E-state index >= 15 is 0 Å². The zero-order chi connectivity index (χ0) is 19.3. The van der Waals surface area contributed by atoms with Crippen molar-refractivity contribution in [2.75, 3.05) is 6.54 Å². The fraction of sp³-hybridized carbons (Fsp3) is 0.400. The smallest absolute Gasteiger partial charge is 0.267 e. The van der Waals surface area contributed by atoms with Crippen molar-refractivity contribution in [1.82, 2.24) is 25.1 Å². The van der Waals surface area contributed by atoms with Gasteiger partial charge in [-0.15, -0.1) is 11.3 Å². The van der Waals surface area contributed by atoms with Crippen LogP contribution in [0.15, 0.2) is 52.3 Å². The lowest BCUT2D eigenvalue weighted by Gasteiger charge is -2.30. The van der Waals surface area contributed by atoms with Crippen LogP contribution in [0.2, 0.25) is 0 Å². The van der Waals surface area contributed by atoms with Crippen molar-refractivity contribution in [3.63, 3.8) is 0 Å². The molecule has 2 N–H and O–H groups in total. The molecule has 0 spiro atoms. The molecule has 0 radical (unpaired) electrons. The van der Waals surface area contributed by atoms with Crippen molar-refractivity contribution in [1.29, 1.82) is 0 Å². The number of nitrogens with one attached hydrogen (secondary N) is 1. The van der Waals surface area contributed by atoms with Crippen LogP contribution in [0.3, 0.4) is 0 Å². The van der Waals surface area contributed by atoms with Crippen molar-refractivity contribution in [3.05, 3.63) is 63.6 Å². The highest BCUT2D eigenvalue weighted by atomic mass is 32.1. The van der Waals surface area contributed by atoms with Gasteiger partial charge in [-0.25, -0.2) is 9.67 Å². The molecule has 4 rings (SSSR count). The highest BCUT2D eigenvalue weighted by Crippen LogP contribution is 2.28. The molecule has 3 heterocycles. The fourth-order valence-corrected chi connectivity index (χ4v) is 4.25. The van der Waals surface area contributed by atoms with Gasteiger partial charge in [0.1, 0.15) is 6.10 Å². The molecule has 1 fully saturated rings. The summed E-state index contributed by atoms with van der Waals surface area (Å²) in [5.41, 5.74) is 4.05. The second-order valence-corrected chi connectivity index (χ2v) is 7.80. The molecule has 0 bridgehead atoms. The third-order valence-corrected chi connectivity index (χ3v) is 5.82. The number of hydrogen-bond donors (Lipinski definition) is 2. The number of rotatable bonds is 6. The number of thiazole rings is 1. The first-order valence-electron chi connectivity index (χ1n) is 9.50. The van der Waals surface area contributed by atoms with Crippen molar-refractivity contribution in [2.45, 2.75) is 43.9 Å². The molecule has 8 heteroatoms. The number of aromatic nitrogens is 4. The Hall–Kier alpha value is -2.42. The van der Waals surface area contributed by atoms with E-state index in [1.165, 1.54) is 11.3 Å². The van der Waals surface area contributed by atoms with Gasteiger partial charge in [0, 0.05) is 42.0 Å². The van der Waals surface area contributed by atoms with Gasteiger partial charge in [-0.05, 0) is 43.9 Å². The lowest BCUT2D eigenvalue weighted by atomic mass is 9.91. The average Bonchev–Trinajstić information content (AvgIpc) is 3.29. The first-order valence-corrected chi connectivity index (χ1v) is 10.4. The van der Waals surface area contributed by atoms with E-state index in [1.54, 1.807) is 34.7 Å². The van der Waals surface area contributed by atoms with Gasteiger partial charge in [-0.1, -0.05) is 0 Å². The van der Waals surface area contributed by atoms with E-state index in [9.17, 15) is 9.90 Å². The normalized spacial score (nSPS) is 20.8. The Balaban J connectivity index is 1.36. The van der Waals surface area contributed by atoms with E-state index in [1.807, 2.05) is 17.5 Å². The molecule has 0 aromatic carbocycles. The molecule has 0 amide bonds. The summed E-state index contributed by atoms with van der Waals surface area (Å²) < 4.78 is 1.63. The van der Waals surface area contributed by atoms with Gasteiger partial charge in [-0.3, -0.25) is 9.78 Å². The maximum Gasteiger partial charge on any atom is 0.267 e. The summed E-state index contributed by atoms with van der Waals surface area (Å²) in [5, 5.41) is 20.1. The maximum atomic E-state index is 12.4. The Morgan fingerprint density at radius 2 is 2.11 bits per heavy atom. The van der Waals surface area contributed by atoms with Gasteiger partial charge in [0.25, 0.3) is 5.56 Å². The molecule has 3 aromatic rings. The van der Waals surface area contributed by atoms with Crippen molar-refractivity contribution >= 4 is 11.3 Å². The summed E-state index contributed by atoms with van der Waals surface area (Å²) in [6.45, 7) is 0.494. The molecule has 1 saturated carbocycles. The maximum absolute atomic E-state index is 12.4. The minimum absolute atomic E-state index is 0.0667. The lowest BCUT2D eigenvalue weighted by molar-refractivity contribution is 0.158. The third kappa shape index (κ3) is 4.35. The van der Waals surface area contributed by atoms with E-state index in [0.29, 0.717) is 18.3 Å². The Labute approximate surface area is 167 Å². The summed E-state index contributed by atoms with van der Waals surface area (Å²) in [6.07, 6.45) is 6.55. The van der Waals surface area contributed by atoms with E-state index in [4.69, 9.17) is 0 Å². The van der Waals surface area contributed by atoms with Crippen LogP contribution >= 0.6 is 11.3 Å². The molecule has 3 aromatic heterocycles. The van der Waals surface area contributed by atoms with Crippen LogP contribution in [-0.2, 0) is 0 Å². The van der Waals surface area contributed by atoms with Crippen molar-refractivity contribution < 1.29 is 5.11 Å². The monoisotopic (exact) mass is 397 g/mol. The molecular formula is C20H23N5O2S. The molecule has 146 valence electrons. The van der Waals surface area contributed by atoms with Crippen LogP contribution in [0.4, 0.5) is 0 Å².